The van der Waals surface area contributed by atoms with Crippen LogP contribution in [0.15, 0.2) is 0 Å². The summed E-state index contributed by atoms with van der Waals surface area (Å²) < 4.78 is 0. The van der Waals surface area contributed by atoms with Crippen molar-refractivity contribution in [1.29, 1.82) is 0 Å². The van der Waals surface area contributed by atoms with Gasteiger partial charge < -0.3 is 4.90 Å². The monoisotopic (exact) mass is 167 g/mol. The summed E-state index contributed by atoms with van der Waals surface area (Å²) in [6, 6.07) is 1.09. The molecule has 0 aromatic rings. The summed E-state index contributed by atoms with van der Waals surface area (Å²) >= 11 is 0. The lowest BCUT2D eigenvalue weighted by atomic mass is 10.0. The smallest absolute Gasteiger partial charge is 0.219 e. The maximum Gasteiger partial charge on any atom is 0.219 e. The van der Waals surface area contributed by atoms with Crippen molar-refractivity contribution in [3.63, 3.8) is 0 Å². The molecule has 2 heteroatoms. The van der Waals surface area contributed by atoms with Crippen LogP contribution in [-0.2, 0) is 4.79 Å². The van der Waals surface area contributed by atoms with Crippen molar-refractivity contribution in [2.75, 3.05) is 0 Å². The molecule has 0 unspecified atom stereocenters. The van der Waals surface area contributed by atoms with E-state index in [1.165, 1.54) is 25.7 Å². The van der Waals surface area contributed by atoms with Crippen LogP contribution < -0.4 is 0 Å². The van der Waals surface area contributed by atoms with Crippen LogP contribution >= 0.6 is 0 Å². The first-order chi connectivity index (χ1) is 5.70. The first kappa shape index (κ1) is 8.09. The minimum atomic E-state index is 0.275. The maximum absolute atomic E-state index is 11.3. The highest BCUT2D eigenvalue weighted by Gasteiger charge is 2.42. The molecule has 68 valence electrons. The van der Waals surface area contributed by atoms with Gasteiger partial charge in [0.05, 0.1) is 0 Å². The molecular weight excluding hydrogens is 150 g/mol. The SMILES string of the molecule is CC(=O)N1[C@H](C)C[C@@H]2CCC[C@@H]21. The second-order valence-corrected chi connectivity index (χ2v) is 4.27. The number of rotatable bonds is 0. The van der Waals surface area contributed by atoms with Crippen molar-refractivity contribution in [3.8, 4) is 0 Å². The van der Waals surface area contributed by atoms with Crippen LogP contribution in [0.25, 0.3) is 0 Å². The topological polar surface area (TPSA) is 20.3 Å². The maximum atomic E-state index is 11.3. The summed E-state index contributed by atoms with van der Waals surface area (Å²) in [5.74, 6) is 1.10. The number of carbonyl (C=O) groups excluding carboxylic acids is 1. The molecular formula is C10H17NO. The van der Waals surface area contributed by atoms with Crippen molar-refractivity contribution in [2.45, 2.75) is 51.6 Å². The van der Waals surface area contributed by atoms with Gasteiger partial charge in [0.2, 0.25) is 5.91 Å². The molecule has 1 aliphatic heterocycles. The Balaban J connectivity index is 2.15. The lowest BCUT2D eigenvalue weighted by molar-refractivity contribution is -0.131. The van der Waals surface area contributed by atoms with Gasteiger partial charge in [0.1, 0.15) is 0 Å². The van der Waals surface area contributed by atoms with Crippen LogP contribution in [-0.4, -0.2) is 22.9 Å². The van der Waals surface area contributed by atoms with E-state index in [2.05, 4.69) is 11.8 Å². The molecule has 2 nitrogen and oxygen atoms in total. The molecule has 1 saturated heterocycles. The van der Waals surface area contributed by atoms with Crippen LogP contribution in [0.1, 0.15) is 39.5 Å². The third-order valence-corrected chi connectivity index (χ3v) is 3.46. The Morgan fingerprint density at radius 3 is 2.83 bits per heavy atom. The zero-order valence-electron chi connectivity index (χ0n) is 7.92. The van der Waals surface area contributed by atoms with Gasteiger partial charge >= 0.3 is 0 Å². The number of amides is 1. The third kappa shape index (κ3) is 1.05. The summed E-state index contributed by atoms with van der Waals surface area (Å²) in [5, 5.41) is 0. The van der Waals surface area contributed by atoms with E-state index in [1.807, 2.05) is 0 Å². The number of hydrogen-bond donors (Lipinski definition) is 0. The van der Waals surface area contributed by atoms with Crippen molar-refractivity contribution < 1.29 is 4.79 Å². The minimum Gasteiger partial charge on any atom is -0.337 e. The fraction of sp³-hybridized carbons (Fsp3) is 0.900. The predicted molar refractivity (Wildman–Crippen MR) is 47.7 cm³/mol. The summed E-state index contributed by atoms with van der Waals surface area (Å²) in [6.45, 7) is 3.89. The van der Waals surface area contributed by atoms with Gasteiger partial charge in [0.25, 0.3) is 0 Å². The fourth-order valence-corrected chi connectivity index (χ4v) is 3.08. The number of fused-ring (bicyclic) bond motifs is 1. The molecule has 1 heterocycles. The fourth-order valence-electron chi connectivity index (χ4n) is 3.08. The van der Waals surface area contributed by atoms with Crippen molar-refractivity contribution >= 4 is 5.91 Å². The molecule has 2 fully saturated rings. The molecule has 0 spiro atoms. The Kier molecular flexibility index (Phi) is 1.85. The number of nitrogens with zero attached hydrogens (tertiary/aromatic N) is 1. The standard InChI is InChI=1S/C10H17NO/c1-7-6-9-4-3-5-10(9)11(7)8(2)12/h7,9-10H,3-6H2,1-2H3/t7-,9+,10+/m1/s1. The Hall–Kier alpha value is -0.530. The lowest BCUT2D eigenvalue weighted by Gasteiger charge is -2.26. The van der Waals surface area contributed by atoms with Gasteiger partial charge in [-0.2, -0.15) is 0 Å². The van der Waals surface area contributed by atoms with E-state index in [0.717, 1.165) is 5.92 Å². The molecule has 1 aliphatic carbocycles. The quantitative estimate of drug-likeness (QED) is 0.538. The average molecular weight is 167 g/mol. The first-order valence-electron chi connectivity index (χ1n) is 4.99. The Morgan fingerprint density at radius 2 is 2.17 bits per heavy atom. The summed E-state index contributed by atoms with van der Waals surface area (Å²) in [6.07, 6.45) is 5.16. The van der Waals surface area contributed by atoms with Gasteiger partial charge in [-0.15, -0.1) is 0 Å². The first-order valence-corrected chi connectivity index (χ1v) is 4.99. The average Bonchev–Trinajstić information content (AvgIpc) is 2.44. The normalized spacial score (nSPS) is 40.2. The lowest BCUT2D eigenvalue weighted by Crippen LogP contribution is -2.38. The van der Waals surface area contributed by atoms with Crippen LogP contribution in [0, 0.1) is 5.92 Å². The molecule has 12 heavy (non-hydrogen) atoms. The second kappa shape index (κ2) is 2.75. The highest BCUT2D eigenvalue weighted by molar-refractivity contribution is 5.74. The van der Waals surface area contributed by atoms with E-state index in [0.29, 0.717) is 12.1 Å². The van der Waals surface area contributed by atoms with Crippen LogP contribution in [0.5, 0.6) is 0 Å². The van der Waals surface area contributed by atoms with Gasteiger partial charge in [-0.3, -0.25) is 4.79 Å². The summed E-state index contributed by atoms with van der Waals surface area (Å²) in [7, 11) is 0. The van der Waals surface area contributed by atoms with Crippen molar-refractivity contribution in [3.05, 3.63) is 0 Å². The molecule has 0 bridgehead atoms. The molecule has 0 aromatic carbocycles. The Morgan fingerprint density at radius 1 is 1.42 bits per heavy atom. The highest BCUT2D eigenvalue weighted by Crippen LogP contribution is 2.40. The Bertz CT molecular complexity index is 202. The second-order valence-electron chi connectivity index (χ2n) is 4.27. The van der Waals surface area contributed by atoms with Gasteiger partial charge in [-0.25, -0.2) is 0 Å². The van der Waals surface area contributed by atoms with E-state index in [4.69, 9.17) is 0 Å². The van der Waals surface area contributed by atoms with Gasteiger partial charge in [-0.1, -0.05) is 6.42 Å². The van der Waals surface area contributed by atoms with Gasteiger partial charge in [0.15, 0.2) is 0 Å². The van der Waals surface area contributed by atoms with Gasteiger partial charge in [-0.05, 0) is 32.1 Å². The number of likely N-dealkylation sites (tertiary alicyclic amines) is 1. The minimum absolute atomic E-state index is 0.275. The van der Waals surface area contributed by atoms with Crippen LogP contribution in [0.3, 0.4) is 0 Å². The van der Waals surface area contributed by atoms with Crippen LogP contribution in [0.4, 0.5) is 0 Å². The Labute approximate surface area is 73.9 Å². The molecule has 0 N–H and O–H groups in total. The van der Waals surface area contributed by atoms with Gasteiger partial charge in [0, 0.05) is 19.0 Å². The number of carbonyl (C=O) groups is 1. The van der Waals surface area contributed by atoms with E-state index in [9.17, 15) is 4.79 Å². The summed E-state index contributed by atoms with van der Waals surface area (Å²) in [5.41, 5.74) is 0. The highest BCUT2D eigenvalue weighted by atomic mass is 16.2. The molecule has 2 rings (SSSR count). The molecule has 0 radical (unpaired) electrons. The molecule has 2 aliphatic rings. The molecule has 1 amide bonds. The third-order valence-electron chi connectivity index (χ3n) is 3.46. The molecule has 0 aromatic heterocycles. The molecule has 1 saturated carbocycles. The summed E-state index contributed by atoms with van der Waals surface area (Å²) in [4.78, 5) is 13.4. The largest absolute Gasteiger partial charge is 0.337 e. The predicted octanol–water partition coefficient (Wildman–Crippen LogP) is 1.80. The van der Waals surface area contributed by atoms with E-state index in [1.54, 1.807) is 6.92 Å². The van der Waals surface area contributed by atoms with E-state index < -0.39 is 0 Å². The zero-order valence-corrected chi connectivity index (χ0v) is 7.92. The van der Waals surface area contributed by atoms with E-state index >= 15 is 0 Å². The van der Waals surface area contributed by atoms with Crippen molar-refractivity contribution in [2.24, 2.45) is 5.92 Å². The van der Waals surface area contributed by atoms with Crippen LogP contribution in [0.2, 0.25) is 0 Å². The molecule has 3 atom stereocenters. The number of hydrogen-bond acceptors (Lipinski definition) is 1. The van der Waals surface area contributed by atoms with E-state index in [-0.39, 0.29) is 5.91 Å². The van der Waals surface area contributed by atoms with Crippen molar-refractivity contribution in [1.82, 2.24) is 4.90 Å². The zero-order chi connectivity index (χ0) is 8.72.